The molecule has 1 heterocycles. The van der Waals surface area contributed by atoms with Gasteiger partial charge < -0.3 is 5.11 Å². The number of carbonyl (C=O) groups is 1. The molecule has 1 aromatic heterocycles. The minimum atomic E-state index is -4.71. The third-order valence-corrected chi connectivity index (χ3v) is 3.61. The van der Waals surface area contributed by atoms with Gasteiger partial charge in [0.1, 0.15) is 5.03 Å². The van der Waals surface area contributed by atoms with Crippen LogP contribution in [0, 0.1) is 0 Å². The largest absolute Gasteiger partial charge is 0.478 e. The van der Waals surface area contributed by atoms with Crippen molar-refractivity contribution in [2.75, 3.05) is 0 Å². The fraction of sp³-hybridized carbons (Fsp3) is 0.0769. The minimum absolute atomic E-state index is 0.343. The minimum Gasteiger partial charge on any atom is -0.478 e. The highest BCUT2D eigenvalue weighted by Gasteiger charge is 2.35. The van der Waals surface area contributed by atoms with Crippen molar-refractivity contribution in [2.45, 2.75) is 16.1 Å². The van der Waals surface area contributed by atoms with E-state index in [1.165, 1.54) is 12.3 Å². The Hall–Kier alpha value is -1.73. The van der Waals surface area contributed by atoms with Crippen LogP contribution in [0.1, 0.15) is 15.9 Å². The molecule has 0 spiro atoms. The molecule has 0 amide bonds. The van der Waals surface area contributed by atoms with Crippen LogP contribution in [-0.2, 0) is 6.18 Å². The second-order valence-corrected chi connectivity index (χ2v) is 5.46. The topological polar surface area (TPSA) is 50.2 Å². The summed E-state index contributed by atoms with van der Waals surface area (Å²) in [5, 5.41) is 9.84. The number of nitrogens with zero attached hydrogens (tertiary/aromatic N) is 1. The standard InChI is InChI=1S/C13H7ClF3NO2S/c14-7-1-4-11(18-6-7)21-8-2-3-10(13(15,16)17)9(5-8)12(19)20/h1-6H,(H,19,20). The molecule has 0 aliphatic rings. The van der Waals surface area contributed by atoms with Gasteiger partial charge in [-0.15, -0.1) is 0 Å². The number of alkyl halides is 3. The van der Waals surface area contributed by atoms with E-state index in [0.717, 1.165) is 23.9 Å². The quantitative estimate of drug-likeness (QED) is 0.891. The van der Waals surface area contributed by atoms with Gasteiger partial charge in [-0.25, -0.2) is 9.78 Å². The normalized spacial score (nSPS) is 11.4. The van der Waals surface area contributed by atoms with Gasteiger partial charge in [0, 0.05) is 11.1 Å². The lowest BCUT2D eigenvalue weighted by atomic mass is 10.1. The Labute approximate surface area is 126 Å². The van der Waals surface area contributed by atoms with Crippen molar-refractivity contribution in [2.24, 2.45) is 0 Å². The lowest BCUT2D eigenvalue weighted by Crippen LogP contribution is -2.12. The molecule has 0 fully saturated rings. The van der Waals surface area contributed by atoms with E-state index in [2.05, 4.69) is 4.98 Å². The fourth-order valence-corrected chi connectivity index (χ4v) is 2.46. The zero-order valence-corrected chi connectivity index (χ0v) is 11.8. The van der Waals surface area contributed by atoms with Crippen LogP contribution in [0.4, 0.5) is 13.2 Å². The summed E-state index contributed by atoms with van der Waals surface area (Å²) in [6.07, 6.45) is -3.32. The molecule has 2 aromatic rings. The Bertz CT molecular complexity index is 674. The van der Waals surface area contributed by atoms with Crippen molar-refractivity contribution in [3.63, 3.8) is 0 Å². The van der Waals surface area contributed by atoms with E-state index in [-0.39, 0.29) is 0 Å². The first-order chi connectivity index (χ1) is 9.77. The molecule has 0 saturated carbocycles. The number of carboxylic acids is 1. The zero-order chi connectivity index (χ0) is 15.6. The van der Waals surface area contributed by atoms with Crippen molar-refractivity contribution in [1.82, 2.24) is 4.98 Å². The Morgan fingerprint density at radius 2 is 1.95 bits per heavy atom. The maximum atomic E-state index is 12.7. The smallest absolute Gasteiger partial charge is 0.417 e. The van der Waals surface area contributed by atoms with Gasteiger partial charge in [-0.05, 0) is 30.3 Å². The van der Waals surface area contributed by atoms with E-state index in [1.807, 2.05) is 0 Å². The molecule has 0 bridgehead atoms. The van der Waals surface area contributed by atoms with Crippen LogP contribution >= 0.6 is 23.4 Å². The molecule has 2 rings (SSSR count). The molecular weight excluding hydrogens is 327 g/mol. The van der Waals surface area contributed by atoms with Gasteiger partial charge in [0.05, 0.1) is 16.1 Å². The van der Waals surface area contributed by atoms with E-state index in [4.69, 9.17) is 16.7 Å². The lowest BCUT2D eigenvalue weighted by molar-refractivity contribution is -0.138. The van der Waals surface area contributed by atoms with Gasteiger partial charge >= 0.3 is 12.1 Å². The van der Waals surface area contributed by atoms with Crippen LogP contribution in [-0.4, -0.2) is 16.1 Å². The number of hydrogen-bond donors (Lipinski definition) is 1. The maximum absolute atomic E-state index is 12.7. The number of hydrogen-bond acceptors (Lipinski definition) is 3. The number of halogens is 4. The van der Waals surface area contributed by atoms with Crippen LogP contribution in [0.5, 0.6) is 0 Å². The number of aromatic carboxylic acids is 1. The van der Waals surface area contributed by atoms with Crippen LogP contribution < -0.4 is 0 Å². The first-order valence-corrected chi connectivity index (χ1v) is 6.71. The highest BCUT2D eigenvalue weighted by atomic mass is 35.5. The van der Waals surface area contributed by atoms with Crippen LogP contribution in [0.3, 0.4) is 0 Å². The summed E-state index contributed by atoms with van der Waals surface area (Å²) in [6.45, 7) is 0. The van der Waals surface area contributed by atoms with Crippen molar-refractivity contribution >= 4 is 29.3 Å². The summed E-state index contributed by atoms with van der Waals surface area (Å²) in [7, 11) is 0. The predicted molar refractivity (Wildman–Crippen MR) is 71.8 cm³/mol. The molecule has 110 valence electrons. The van der Waals surface area contributed by atoms with E-state index >= 15 is 0 Å². The fourth-order valence-electron chi connectivity index (χ4n) is 1.55. The Morgan fingerprint density at radius 1 is 1.24 bits per heavy atom. The molecule has 0 radical (unpaired) electrons. The number of benzene rings is 1. The van der Waals surface area contributed by atoms with E-state index in [0.29, 0.717) is 14.9 Å². The third-order valence-electron chi connectivity index (χ3n) is 2.45. The van der Waals surface area contributed by atoms with Crippen LogP contribution in [0.2, 0.25) is 5.02 Å². The number of aromatic nitrogens is 1. The van der Waals surface area contributed by atoms with Crippen molar-refractivity contribution < 1.29 is 23.1 Å². The van der Waals surface area contributed by atoms with Gasteiger partial charge in [-0.2, -0.15) is 13.2 Å². The second kappa shape index (κ2) is 5.95. The second-order valence-electron chi connectivity index (χ2n) is 3.93. The molecule has 21 heavy (non-hydrogen) atoms. The van der Waals surface area contributed by atoms with Gasteiger partial charge in [0.2, 0.25) is 0 Å². The molecule has 0 saturated heterocycles. The SMILES string of the molecule is O=C(O)c1cc(Sc2ccc(Cl)cn2)ccc1C(F)(F)F. The predicted octanol–water partition coefficient (Wildman–Crippen LogP) is 4.60. The van der Waals surface area contributed by atoms with Crippen LogP contribution in [0.15, 0.2) is 46.5 Å². The average molecular weight is 334 g/mol. The molecule has 3 nitrogen and oxygen atoms in total. The lowest BCUT2D eigenvalue weighted by Gasteiger charge is -2.11. The molecule has 0 aliphatic carbocycles. The summed E-state index contributed by atoms with van der Waals surface area (Å²) in [4.78, 5) is 15.3. The van der Waals surface area contributed by atoms with Crippen molar-refractivity contribution in [3.05, 3.63) is 52.7 Å². The monoisotopic (exact) mass is 333 g/mol. The van der Waals surface area contributed by atoms with Gasteiger partial charge in [-0.3, -0.25) is 0 Å². The van der Waals surface area contributed by atoms with E-state index in [9.17, 15) is 18.0 Å². The van der Waals surface area contributed by atoms with Crippen LogP contribution in [0.25, 0.3) is 0 Å². The Morgan fingerprint density at radius 3 is 2.48 bits per heavy atom. The summed E-state index contributed by atoms with van der Waals surface area (Å²) < 4.78 is 38.1. The Balaban J connectivity index is 2.36. The third kappa shape index (κ3) is 3.89. The number of pyridine rings is 1. The summed E-state index contributed by atoms with van der Waals surface area (Å²) in [5.74, 6) is -1.63. The average Bonchev–Trinajstić information content (AvgIpc) is 2.40. The highest BCUT2D eigenvalue weighted by molar-refractivity contribution is 7.99. The highest BCUT2D eigenvalue weighted by Crippen LogP contribution is 2.35. The summed E-state index contributed by atoms with van der Waals surface area (Å²) in [6, 6.07) is 6.11. The van der Waals surface area contributed by atoms with Gasteiger partial charge in [0.25, 0.3) is 0 Å². The first-order valence-electron chi connectivity index (χ1n) is 5.51. The molecule has 1 aromatic carbocycles. The van der Waals surface area contributed by atoms with E-state index < -0.39 is 23.3 Å². The van der Waals surface area contributed by atoms with Crippen molar-refractivity contribution in [1.29, 1.82) is 0 Å². The number of rotatable bonds is 3. The Kier molecular flexibility index (Phi) is 4.43. The summed E-state index contributed by atoms with van der Waals surface area (Å²) in [5.41, 5.74) is -1.97. The zero-order valence-electron chi connectivity index (χ0n) is 10.2. The molecule has 0 atom stereocenters. The maximum Gasteiger partial charge on any atom is 0.417 e. The first kappa shape index (κ1) is 15.7. The van der Waals surface area contributed by atoms with Gasteiger partial charge in [0.15, 0.2) is 0 Å². The molecule has 0 aliphatic heterocycles. The van der Waals surface area contributed by atoms with Crippen molar-refractivity contribution in [3.8, 4) is 0 Å². The van der Waals surface area contributed by atoms with E-state index in [1.54, 1.807) is 12.1 Å². The molecule has 1 N–H and O–H groups in total. The van der Waals surface area contributed by atoms with Gasteiger partial charge in [-0.1, -0.05) is 23.4 Å². The number of carboxylic acid groups (broad SMARTS) is 1. The molecule has 0 unspecified atom stereocenters. The summed E-state index contributed by atoms with van der Waals surface area (Å²) >= 11 is 6.72. The molecule has 8 heteroatoms. The molecular formula is C13H7ClF3NO2S.